The molecular formula is C21H28N4O4. The fraction of sp³-hybridized carbons (Fsp3) is 0.476. The van der Waals surface area contributed by atoms with E-state index < -0.39 is 5.60 Å². The molecule has 0 saturated carbocycles. The molecule has 0 bridgehead atoms. The van der Waals surface area contributed by atoms with Crippen molar-refractivity contribution < 1.29 is 19.4 Å². The number of piperidine rings is 1. The molecule has 0 atom stereocenters. The molecule has 2 aromatic rings. The van der Waals surface area contributed by atoms with Crippen LogP contribution in [0.15, 0.2) is 36.8 Å². The van der Waals surface area contributed by atoms with E-state index >= 15 is 0 Å². The molecule has 29 heavy (non-hydrogen) atoms. The van der Waals surface area contributed by atoms with E-state index in [0.717, 1.165) is 24.2 Å². The molecule has 1 fully saturated rings. The second-order valence-corrected chi connectivity index (χ2v) is 7.99. The molecule has 1 saturated heterocycles. The van der Waals surface area contributed by atoms with Gasteiger partial charge in [0.15, 0.2) is 0 Å². The third-order valence-corrected chi connectivity index (χ3v) is 4.73. The number of hydrogen-bond donors (Lipinski definition) is 1. The molecule has 8 nitrogen and oxygen atoms in total. The topological polar surface area (TPSA) is 88.0 Å². The van der Waals surface area contributed by atoms with Crippen LogP contribution in [0.1, 0.15) is 33.6 Å². The maximum Gasteiger partial charge on any atom is 0.410 e. The Bertz CT molecular complexity index is 827. The van der Waals surface area contributed by atoms with Crippen molar-refractivity contribution in [2.75, 3.05) is 25.1 Å². The number of likely N-dealkylation sites (tertiary alicyclic amines) is 1. The molecule has 156 valence electrons. The second kappa shape index (κ2) is 8.55. The SMILES string of the molecule is COc1ccncc1N(c1ccc(O)nc1)C1CCN(C(=O)OC(C)(C)C)CC1. The van der Waals surface area contributed by atoms with E-state index in [1.807, 2.05) is 32.9 Å². The van der Waals surface area contributed by atoms with Crippen LogP contribution in [0.3, 0.4) is 0 Å². The quantitative estimate of drug-likeness (QED) is 0.836. The monoisotopic (exact) mass is 400 g/mol. The first-order chi connectivity index (χ1) is 13.8. The van der Waals surface area contributed by atoms with E-state index in [2.05, 4.69) is 14.9 Å². The molecule has 1 amide bonds. The highest BCUT2D eigenvalue weighted by Gasteiger charge is 2.31. The summed E-state index contributed by atoms with van der Waals surface area (Å²) >= 11 is 0. The van der Waals surface area contributed by atoms with Crippen molar-refractivity contribution in [1.82, 2.24) is 14.9 Å². The molecule has 0 spiro atoms. The van der Waals surface area contributed by atoms with Gasteiger partial charge in [-0.05, 0) is 39.7 Å². The number of carbonyl (C=O) groups is 1. The molecule has 1 aliphatic heterocycles. The Morgan fingerprint density at radius 1 is 1.21 bits per heavy atom. The van der Waals surface area contributed by atoms with Gasteiger partial charge in [0.2, 0.25) is 5.88 Å². The maximum atomic E-state index is 12.4. The minimum Gasteiger partial charge on any atom is -0.494 e. The van der Waals surface area contributed by atoms with E-state index in [0.29, 0.717) is 18.8 Å². The fourth-order valence-electron chi connectivity index (χ4n) is 3.43. The fourth-order valence-corrected chi connectivity index (χ4v) is 3.43. The Morgan fingerprint density at radius 2 is 1.93 bits per heavy atom. The Kier molecular flexibility index (Phi) is 6.10. The van der Waals surface area contributed by atoms with Gasteiger partial charge in [-0.2, -0.15) is 0 Å². The zero-order chi connectivity index (χ0) is 21.0. The Balaban J connectivity index is 1.83. The lowest BCUT2D eigenvalue weighted by Crippen LogP contribution is -2.47. The number of hydrogen-bond acceptors (Lipinski definition) is 7. The van der Waals surface area contributed by atoms with Crippen LogP contribution in [0.4, 0.5) is 16.2 Å². The van der Waals surface area contributed by atoms with Crippen molar-refractivity contribution in [2.45, 2.75) is 45.3 Å². The van der Waals surface area contributed by atoms with Gasteiger partial charge in [-0.25, -0.2) is 9.78 Å². The lowest BCUT2D eigenvalue weighted by molar-refractivity contribution is 0.0206. The van der Waals surface area contributed by atoms with Gasteiger partial charge in [-0.1, -0.05) is 0 Å². The summed E-state index contributed by atoms with van der Waals surface area (Å²) in [6.07, 6.45) is 6.28. The lowest BCUT2D eigenvalue weighted by Gasteiger charge is -2.40. The van der Waals surface area contributed by atoms with Crippen LogP contribution in [-0.2, 0) is 4.74 Å². The molecule has 0 unspecified atom stereocenters. The summed E-state index contributed by atoms with van der Waals surface area (Å²) in [7, 11) is 1.62. The summed E-state index contributed by atoms with van der Waals surface area (Å²) in [6, 6.07) is 5.29. The van der Waals surface area contributed by atoms with Gasteiger partial charge in [-0.3, -0.25) is 4.98 Å². The van der Waals surface area contributed by atoms with Crippen LogP contribution in [0.25, 0.3) is 0 Å². The highest BCUT2D eigenvalue weighted by atomic mass is 16.6. The van der Waals surface area contributed by atoms with Crippen LogP contribution in [0.5, 0.6) is 11.6 Å². The van der Waals surface area contributed by atoms with E-state index in [1.54, 1.807) is 36.7 Å². The summed E-state index contributed by atoms with van der Waals surface area (Å²) in [6.45, 7) is 6.78. The zero-order valence-corrected chi connectivity index (χ0v) is 17.3. The average Bonchev–Trinajstić information content (AvgIpc) is 2.69. The van der Waals surface area contributed by atoms with Crippen molar-refractivity contribution in [1.29, 1.82) is 0 Å². The average molecular weight is 400 g/mol. The largest absolute Gasteiger partial charge is 0.494 e. The second-order valence-electron chi connectivity index (χ2n) is 7.99. The molecule has 1 N–H and O–H groups in total. The van der Waals surface area contributed by atoms with Crippen molar-refractivity contribution in [2.24, 2.45) is 0 Å². The molecule has 0 aromatic carbocycles. The number of aromatic nitrogens is 2. The van der Waals surface area contributed by atoms with Gasteiger partial charge < -0.3 is 24.4 Å². The normalized spacial score (nSPS) is 15.1. The molecule has 0 radical (unpaired) electrons. The molecule has 3 heterocycles. The molecule has 8 heteroatoms. The van der Waals surface area contributed by atoms with Crippen LogP contribution in [0.2, 0.25) is 0 Å². The molecule has 2 aromatic heterocycles. The van der Waals surface area contributed by atoms with Crippen LogP contribution < -0.4 is 9.64 Å². The third-order valence-electron chi connectivity index (χ3n) is 4.73. The standard InChI is InChI=1S/C21H28N4O4/c1-21(2,3)29-20(27)24-11-8-15(9-12-24)25(16-5-6-19(26)23-13-16)17-14-22-10-7-18(17)28-4/h5-7,10,13-15H,8-9,11-12H2,1-4H3,(H,23,26). The van der Waals surface area contributed by atoms with Crippen LogP contribution in [-0.4, -0.2) is 57.9 Å². The van der Waals surface area contributed by atoms with Crippen LogP contribution >= 0.6 is 0 Å². The first kappa shape index (κ1) is 20.7. The number of methoxy groups -OCH3 is 1. The Hall–Kier alpha value is -3.03. The third kappa shape index (κ3) is 5.07. The predicted molar refractivity (Wildman–Crippen MR) is 110 cm³/mol. The van der Waals surface area contributed by atoms with Gasteiger partial charge in [0.25, 0.3) is 0 Å². The summed E-state index contributed by atoms with van der Waals surface area (Å²) in [5.74, 6) is 0.661. The minimum atomic E-state index is -0.513. The smallest absolute Gasteiger partial charge is 0.410 e. The van der Waals surface area contributed by atoms with E-state index in [1.165, 1.54) is 0 Å². The summed E-state index contributed by atoms with van der Waals surface area (Å²) in [4.78, 5) is 24.5. The van der Waals surface area contributed by atoms with Gasteiger partial charge in [-0.15, -0.1) is 0 Å². The van der Waals surface area contributed by atoms with E-state index in [9.17, 15) is 9.90 Å². The Morgan fingerprint density at radius 3 is 2.52 bits per heavy atom. The number of pyridine rings is 2. The first-order valence-electron chi connectivity index (χ1n) is 9.68. The van der Waals surface area contributed by atoms with Crippen molar-refractivity contribution in [3.05, 3.63) is 36.8 Å². The van der Waals surface area contributed by atoms with Gasteiger partial charge in [0.05, 0.1) is 25.2 Å². The molecule has 0 aliphatic carbocycles. The first-order valence-corrected chi connectivity index (χ1v) is 9.68. The summed E-state index contributed by atoms with van der Waals surface area (Å²) < 4.78 is 11.0. The van der Waals surface area contributed by atoms with Crippen molar-refractivity contribution in [3.63, 3.8) is 0 Å². The molecule has 3 rings (SSSR count). The Labute approximate surface area is 171 Å². The number of amides is 1. The lowest BCUT2D eigenvalue weighted by atomic mass is 10.0. The van der Waals surface area contributed by atoms with Gasteiger partial charge >= 0.3 is 6.09 Å². The minimum absolute atomic E-state index is 0.0356. The van der Waals surface area contributed by atoms with E-state index in [-0.39, 0.29) is 18.0 Å². The maximum absolute atomic E-state index is 12.4. The van der Waals surface area contributed by atoms with Crippen molar-refractivity contribution >= 4 is 17.5 Å². The number of nitrogens with zero attached hydrogens (tertiary/aromatic N) is 4. The van der Waals surface area contributed by atoms with Crippen LogP contribution in [0, 0.1) is 0 Å². The van der Waals surface area contributed by atoms with Gasteiger partial charge in [0.1, 0.15) is 17.0 Å². The highest BCUT2D eigenvalue weighted by Crippen LogP contribution is 2.37. The number of aromatic hydroxyl groups is 1. The number of anilines is 2. The molecule has 1 aliphatic rings. The zero-order valence-electron chi connectivity index (χ0n) is 17.3. The molecular weight excluding hydrogens is 372 g/mol. The van der Waals surface area contributed by atoms with E-state index in [4.69, 9.17) is 9.47 Å². The number of rotatable bonds is 4. The number of carbonyl (C=O) groups excluding carboxylic acids is 1. The number of ether oxygens (including phenoxy) is 2. The predicted octanol–water partition coefficient (Wildman–Crippen LogP) is 3.73. The van der Waals surface area contributed by atoms with Gasteiger partial charge in [0, 0.05) is 37.5 Å². The summed E-state index contributed by atoms with van der Waals surface area (Å²) in [5.41, 5.74) is 1.13. The van der Waals surface area contributed by atoms with Crippen molar-refractivity contribution in [3.8, 4) is 11.6 Å². The highest BCUT2D eigenvalue weighted by molar-refractivity contribution is 5.70. The summed E-state index contributed by atoms with van der Waals surface area (Å²) in [5, 5.41) is 9.58.